The van der Waals surface area contributed by atoms with Crippen LogP contribution in [0, 0.1) is 0 Å². The lowest BCUT2D eigenvalue weighted by atomic mass is 10.0. The molecule has 1 aromatic carbocycles. The summed E-state index contributed by atoms with van der Waals surface area (Å²) < 4.78 is 0. The monoisotopic (exact) mass is 207 g/mol. The quantitative estimate of drug-likeness (QED) is 0.798. The number of hydrogen-bond acceptors (Lipinski definition) is 2. The summed E-state index contributed by atoms with van der Waals surface area (Å²) in [5.41, 5.74) is 2.06. The van der Waals surface area contributed by atoms with E-state index in [0.29, 0.717) is 5.92 Å². The average Bonchev–Trinajstić information content (AvgIpc) is 2.18. The molecule has 0 aromatic heterocycles. The van der Waals surface area contributed by atoms with E-state index in [1.54, 1.807) is 6.92 Å². The minimum Gasteiger partial charge on any atom is -0.480 e. The van der Waals surface area contributed by atoms with E-state index in [0.717, 1.165) is 5.69 Å². The van der Waals surface area contributed by atoms with Crippen LogP contribution in [0.5, 0.6) is 0 Å². The zero-order valence-corrected chi connectivity index (χ0v) is 9.32. The number of nitrogens with one attached hydrogen (secondary N) is 1. The van der Waals surface area contributed by atoms with Gasteiger partial charge in [-0.15, -0.1) is 0 Å². The van der Waals surface area contributed by atoms with Crippen molar-refractivity contribution >= 4 is 11.7 Å². The second kappa shape index (κ2) is 4.82. The van der Waals surface area contributed by atoms with Gasteiger partial charge < -0.3 is 10.4 Å². The molecule has 0 radical (unpaired) electrons. The van der Waals surface area contributed by atoms with E-state index in [1.807, 2.05) is 24.3 Å². The zero-order chi connectivity index (χ0) is 11.4. The van der Waals surface area contributed by atoms with Gasteiger partial charge in [0.1, 0.15) is 6.04 Å². The molecule has 15 heavy (non-hydrogen) atoms. The molecule has 0 saturated heterocycles. The highest BCUT2D eigenvalue weighted by Crippen LogP contribution is 2.18. The van der Waals surface area contributed by atoms with E-state index >= 15 is 0 Å². The van der Waals surface area contributed by atoms with Crippen molar-refractivity contribution in [2.45, 2.75) is 32.7 Å². The van der Waals surface area contributed by atoms with Crippen LogP contribution < -0.4 is 5.32 Å². The maximum Gasteiger partial charge on any atom is 0.325 e. The van der Waals surface area contributed by atoms with Gasteiger partial charge in [0.05, 0.1) is 0 Å². The lowest BCUT2D eigenvalue weighted by Crippen LogP contribution is -2.25. The Morgan fingerprint density at radius 2 is 2.00 bits per heavy atom. The molecule has 3 heteroatoms. The molecule has 0 aliphatic heterocycles. The predicted octanol–water partition coefficient (Wildman–Crippen LogP) is 2.70. The fourth-order valence-electron chi connectivity index (χ4n) is 1.30. The highest BCUT2D eigenvalue weighted by atomic mass is 16.4. The second-order valence-electron chi connectivity index (χ2n) is 3.98. The Hall–Kier alpha value is -1.51. The molecule has 0 bridgehead atoms. The van der Waals surface area contributed by atoms with Crippen LogP contribution in [0.2, 0.25) is 0 Å². The molecule has 1 atom stereocenters. The van der Waals surface area contributed by atoms with E-state index in [4.69, 9.17) is 5.11 Å². The fraction of sp³-hybridized carbons (Fsp3) is 0.417. The van der Waals surface area contributed by atoms with E-state index in [1.165, 1.54) is 5.56 Å². The van der Waals surface area contributed by atoms with E-state index < -0.39 is 12.0 Å². The molecule has 0 saturated carbocycles. The van der Waals surface area contributed by atoms with Crippen molar-refractivity contribution in [3.63, 3.8) is 0 Å². The van der Waals surface area contributed by atoms with Gasteiger partial charge in [-0.1, -0.05) is 26.0 Å². The van der Waals surface area contributed by atoms with Gasteiger partial charge in [0, 0.05) is 5.69 Å². The third-order valence-electron chi connectivity index (χ3n) is 2.31. The van der Waals surface area contributed by atoms with Crippen LogP contribution in [0.1, 0.15) is 32.3 Å². The van der Waals surface area contributed by atoms with Crippen LogP contribution in [0.4, 0.5) is 5.69 Å². The van der Waals surface area contributed by atoms with Gasteiger partial charge >= 0.3 is 5.97 Å². The van der Waals surface area contributed by atoms with Crippen molar-refractivity contribution in [2.75, 3.05) is 5.32 Å². The van der Waals surface area contributed by atoms with Crippen LogP contribution >= 0.6 is 0 Å². The van der Waals surface area contributed by atoms with E-state index in [2.05, 4.69) is 19.2 Å². The van der Waals surface area contributed by atoms with Crippen molar-refractivity contribution in [3.8, 4) is 0 Å². The van der Waals surface area contributed by atoms with Crippen LogP contribution in [0.25, 0.3) is 0 Å². The first kappa shape index (κ1) is 11.6. The Morgan fingerprint density at radius 3 is 2.53 bits per heavy atom. The number of anilines is 1. The SMILES string of the molecule is CC(Nc1cccc(C(C)C)c1)C(=O)O. The number of rotatable bonds is 4. The lowest BCUT2D eigenvalue weighted by molar-refractivity contribution is -0.137. The summed E-state index contributed by atoms with van der Waals surface area (Å²) >= 11 is 0. The van der Waals surface area contributed by atoms with Crippen LogP contribution in [0.15, 0.2) is 24.3 Å². The second-order valence-corrected chi connectivity index (χ2v) is 3.98. The Kier molecular flexibility index (Phi) is 3.72. The smallest absolute Gasteiger partial charge is 0.325 e. The fourth-order valence-corrected chi connectivity index (χ4v) is 1.30. The van der Waals surface area contributed by atoms with Gasteiger partial charge in [0.2, 0.25) is 0 Å². The molecular formula is C12H17NO2. The van der Waals surface area contributed by atoms with Gasteiger partial charge in [-0.2, -0.15) is 0 Å². The molecule has 0 spiro atoms. The molecule has 3 nitrogen and oxygen atoms in total. The summed E-state index contributed by atoms with van der Waals surface area (Å²) in [6.45, 7) is 5.85. The number of carboxylic acids is 1. The lowest BCUT2D eigenvalue weighted by Gasteiger charge is -2.13. The molecule has 0 amide bonds. The van der Waals surface area contributed by atoms with Crippen LogP contribution in [-0.2, 0) is 4.79 Å². The number of carbonyl (C=O) groups is 1. The summed E-state index contributed by atoms with van der Waals surface area (Å²) in [6.07, 6.45) is 0. The van der Waals surface area contributed by atoms with Crippen molar-refractivity contribution in [1.82, 2.24) is 0 Å². The van der Waals surface area contributed by atoms with Crippen molar-refractivity contribution in [3.05, 3.63) is 29.8 Å². The molecule has 1 aromatic rings. The molecular weight excluding hydrogens is 190 g/mol. The van der Waals surface area contributed by atoms with Crippen molar-refractivity contribution in [2.24, 2.45) is 0 Å². The summed E-state index contributed by atoms with van der Waals surface area (Å²) in [5.74, 6) is -0.392. The molecule has 0 aliphatic carbocycles. The number of aliphatic carboxylic acids is 1. The summed E-state index contributed by atoms with van der Waals surface area (Å²) in [4.78, 5) is 10.7. The van der Waals surface area contributed by atoms with Crippen LogP contribution in [0.3, 0.4) is 0 Å². The van der Waals surface area contributed by atoms with Crippen molar-refractivity contribution < 1.29 is 9.90 Å². The van der Waals surface area contributed by atoms with Gasteiger partial charge in [-0.25, -0.2) is 0 Å². The Bertz CT molecular complexity index is 347. The summed E-state index contributed by atoms with van der Waals surface area (Å²) in [6, 6.07) is 7.29. The van der Waals surface area contributed by atoms with Gasteiger partial charge in [-0.3, -0.25) is 4.79 Å². The molecule has 0 fully saturated rings. The maximum absolute atomic E-state index is 10.7. The molecule has 1 unspecified atom stereocenters. The van der Waals surface area contributed by atoms with Gasteiger partial charge in [-0.05, 0) is 30.5 Å². The normalized spacial score (nSPS) is 12.5. The Balaban J connectivity index is 2.78. The van der Waals surface area contributed by atoms with Gasteiger partial charge in [0.25, 0.3) is 0 Å². The highest BCUT2D eigenvalue weighted by Gasteiger charge is 2.10. The Labute approximate surface area is 90.1 Å². The summed E-state index contributed by atoms with van der Waals surface area (Å²) in [7, 11) is 0. The third kappa shape index (κ3) is 3.27. The molecule has 82 valence electrons. The number of carboxylic acid groups (broad SMARTS) is 1. The first-order chi connectivity index (χ1) is 7.00. The number of benzene rings is 1. The topological polar surface area (TPSA) is 49.3 Å². The van der Waals surface area contributed by atoms with Crippen molar-refractivity contribution in [1.29, 1.82) is 0 Å². The molecule has 0 heterocycles. The zero-order valence-electron chi connectivity index (χ0n) is 9.32. The number of hydrogen-bond donors (Lipinski definition) is 2. The molecule has 1 rings (SSSR count). The van der Waals surface area contributed by atoms with E-state index in [9.17, 15) is 4.79 Å². The average molecular weight is 207 g/mol. The predicted molar refractivity (Wildman–Crippen MR) is 61.3 cm³/mol. The molecule has 0 aliphatic rings. The maximum atomic E-state index is 10.7. The summed E-state index contributed by atoms with van der Waals surface area (Å²) in [5, 5.41) is 11.7. The van der Waals surface area contributed by atoms with Gasteiger partial charge in [0.15, 0.2) is 0 Å². The highest BCUT2D eigenvalue weighted by molar-refractivity contribution is 5.76. The first-order valence-electron chi connectivity index (χ1n) is 5.10. The minimum atomic E-state index is -0.843. The van der Waals surface area contributed by atoms with Crippen LogP contribution in [-0.4, -0.2) is 17.1 Å². The minimum absolute atomic E-state index is 0.451. The largest absolute Gasteiger partial charge is 0.480 e. The first-order valence-corrected chi connectivity index (χ1v) is 5.10. The third-order valence-corrected chi connectivity index (χ3v) is 2.31. The van der Waals surface area contributed by atoms with E-state index in [-0.39, 0.29) is 0 Å². The standard InChI is InChI=1S/C12H17NO2/c1-8(2)10-5-4-6-11(7-10)13-9(3)12(14)15/h4-9,13H,1-3H3,(H,14,15). The Morgan fingerprint density at radius 1 is 1.33 bits per heavy atom. The molecule has 2 N–H and O–H groups in total.